The number of hydrogen-bond donors (Lipinski definition) is 3. The summed E-state index contributed by atoms with van der Waals surface area (Å²) in [5.41, 5.74) is 9.52. The molecule has 1 aromatic carbocycles. The zero-order chi connectivity index (χ0) is 16.3. The Labute approximate surface area is 134 Å². The first-order valence-corrected chi connectivity index (χ1v) is 7.59. The molecular weight excluding hydrogens is 301 g/mol. The lowest BCUT2D eigenvalue weighted by Gasteiger charge is -2.17. The molecule has 0 aliphatic carbocycles. The van der Waals surface area contributed by atoms with Crippen molar-refractivity contribution in [3.05, 3.63) is 52.6 Å². The maximum Gasteiger partial charge on any atom is 0.123 e. The van der Waals surface area contributed by atoms with Gasteiger partial charge in [-0.25, -0.2) is 4.39 Å². The van der Waals surface area contributed by atoms with Crippen LogP contribution in [0.1, 0.15) is 36.8 Å². The Morgan fingerprint density at radius 3 is 2.77 bits per heavy atom. The molecule has 4 nitrogen and oxygen atoms in total. The molecule has 22 heavy (non-hydrogen) atoms. The van der Waals surface area contributed by atoms with E-state index in [0.717, 1.165) is 17.8 Å². The molecule has 0 aliphatic rings. The zero-order valence-electron chi connectivity index (χ0n) is 12.6. The second-order valence-electron chi connectivity index (χ2n) is 5.19. The number of rotatable bonds is 6. The number of hydrogen-bond acceptors (Lipinski definition) is 3. The first-order chi connectivity index (χ1) is 10.5. The zero-order valence-corrected chi connectivity index (χ0v) is 13.5. The average Bonchev–Trinajstić information content (AvgIpc) is 2.45. The quantitative estimate of drug-likeness (QED) is 0.566. The van der Waals surface area contributed by atoms with Gasteiger partial charge in [-0.15, -0.1) is 0 Å². The number of aliphatic hydroxyl groups excluding tert-OH is 1. The lowest BCUT2D eigenvalue weighted by Crippen LogP contribution is -2.15. The minimum Gasteiger partial charge on any atom is -0.398 e. The topological polar surface area (TPSA) is 67.0 Å². The van der Waals surface area contributed by atoms with Gasteiger partial charge >= 0.3 is 0 Å². The van der Waals surface area contributed by atoms with Crippen molar-refractivity contribution in [3.63, 3.8) is 0 Å². The smallest absolute Gasteiger partial charge is 0.123 e. The molecule has 0 amide bonds. The van der Waals surface area contributed by atoms with Crippen LogP contribution in [0.15, 0.2) is 30.0 Å². The van der Waals surface area contributed by atoms with Crippen LogP contribution >= 0.6 is 12.2 Å². The van der Waals surface area contributed by atoms with Crippen molar-refractivity contribution in [2.45, 2.75) is 32.9 Å². The minimum absolute atomic E-state index is 0.404. The Kier molecular flexibility index (Phi) is 5.15. The van der Waals surface area contributed by atoms with Crippen LogP contribution in [0.3, 0.4) is 0 Å². The van der Waals surface area contributed by atoms with Crippen molar-refractivity contribution in [2.75, 3.05) is 0 Å². The molecule has 4 N–H and O–H groups in total. The maximum atomic E-state index is 13.4. The summed E-state index contributed by atoms with van der Waals surface area (Å²) in [4.78, 5) is 0. The van der Waals surface area contributed by atoms with Gasteiger partial charge in [-0.3, -0.25) is 4.68 Å². The molecule has 0 aliphatic heterocycles. The molecule has 1 aromatic heterocycles. The van der Waals surface area contributed by atoms with Gasteiger partial charge < -0.3 is 15.9 Å². The van der Waals surface area contributed by atoms with E-state index in [-0.39, 0.29) is 0 Å². The van der Waals surface area contributed by atoms with E-state index in [1.54, 1.807) is 13.0 Å². The number of nitrogens with two attached hydrogens (primary N) is 1. The highest BCUT2D eigenvalue weighted by Gasteiger charge is 2.15. The standard InChI is InChI=1S/C16H20FN3OS/c1-3-20-8-13(19-20)6-11(9-22)16(18)14-5-4-12(17)7-15(14)10(2)21/h4-5,7-10,19,21H,3,6,18H2,1-2H3. The number of aromatic nitrogens is 2. The third-order valence-corrected chi connectivity index (χ3v) is 3.85. The van der Waals surface area contributed by atoms with E-state index in [4.69, 9.17) is 18.0 Å². The van der Waals surface area contributed by atoms with Crippen LogP contribution in [-0.4, -0.2) is 20.3 Å². The molecule has 0 saturated heterocycles. The second kappa shape index (κ2) is 6.89. The Balaban J connectivity index is 2.38. The number of benzene rings is 1. The number of aromatic amines is 1. The van der Waals surface area contributed by atoms with Crippen molar-refractivity contribution in [2.24, 2.45) is 5.73 Å². The highest BCUT2D eigenvalue weighted by Crippen LogP contribution is 2.25. The van der Waals surface area contributed by atoms with Gasteiger partial charge in [-0.1, -0.05) is 12.2 Å². The minimum atomic E-state index is -0.813. The monoisotopic (exact) mass is 321 g/mol. The first-order valence-electron chi connectivity index (χ1n) is 7.12. The summed E-state index contributed by atoms with van der Waals surface area (Å²) in [6.45, 7) is 4.50. The van der Waals surface area contributed by atoms with Gasteiger partial charge in [-0.05, 0) is 43.2 Å². The number of aryl methyl sites for hydroxylation is 1. The van der Waals surface area contributed by atoms with Crippen molar-refractivity contribution >= 4 is 23.3 Å². The van der Waals surface area contributed by atoms with Gasteiger partial charge in [0.25, 0.3) is 0 Å². The van der Waals surface area contributed by atoms with Crippen LogP contribution in [0, 0.1) is 5.82 Å². The average molecular weight is 321 g/mol. The summed E-state index contributed by atoms with van der Waals surface area (Å²) >= 11 is 5.06. The Morgan fingerprint density at radius 1 is 1.55 bits per heavy atom. The van der Waals surface area contributed by atoms with Crippen LogP contribution < -0.4 is 5.73 Å². The van der Waals surface area contributed by atoms with E-state index >= 15 is 0 Å². The Bertz CT molecular complexity index is 688. The molecule has 2 rings (SSSR count). The summed E-state index contributed by atoms with van der Waals surface area (Å²) < 4.78 is 15.3. The van der Waals surface area contributed by atoms with Crippen molar-refractivity contribution < 1.29 is 9.50 Å². The van der Waals surface area contributed by atoms with E-state index in [1.807, 2.05) is 17.8 Å². The summed E-state index contributed by atoms with van der Waals surface area (Å²) in [5, 5.41) is 14.5. The maximum absolute atomic E-state index is 13.4. The number of nitrogens with one attached hydrogen (secondary N) is 1. The lowest BCUT2D eigenvalue weighted by atomic mass is 9.97. The molecule has 0 spiro atoms. The van der Waals surface area contributed by atoms with Crippen LogP contribution in [0.25, 0.3) is 5.70 Å². The fourth-order valence-corrected chi connectivity index (χ4v) is 2.54. The van der Waals surface area contributed by atoms with Crippen LogP contribution in [0.5, 0.6) is 0 Å². The molecule has 0 bridgehead atoms. The van der Waals surface area contributed by atoms with E-state index in [9.17, 15) is 9.50 Å². The number of aliphatic hydroxyl groups is 1. The number of nitrogens with zero attached hydrogens (tertiary/aromatic N) is 1. The molecule has 0 saturated carbocycles. The van der Waals surface area contributed by atoms with Gasteiger partial charge in [0.05, 0.1) is 11.8 Å². The summed E-state index contributed by atoms with van der Waals surface area (Å²) in [6.07, 6.45) is 1.75. The second-order valence-corrected chi connectivity index (χ2v) is 5.43. The molecule has 6 heteroatoms. The molecule has 1 heterocycles. The normalized spacial score (nSPS) is 13.8. The van der Waals surface area contributed by atoms with Gasteiger partial charge in [0.15, 0.2) is 0 Å². The predicted octanol–water partition coefficient (Wildman–Crippen LogP) is 2.94. The van der Waals surface area contributed by atoms with Crippen LogP contribution in [0.2, 0.25) is 0 Å². The van der Waals surface area contributed by atoms with E-state index < -0.39 is 11.9 Å². The van der Waals surface area contributed by atoms with E-state index in [0.29, 0.717) is 23.2 Å². The Hall–Kier alpha value is -1.92. The SMILES string of the molecule is CCn1cc(CC(C=S)=C(N)c2ccc(F)cc2C(C)O)[nH]1. The van der Waals surface area contributed by atoms with Gasteiger partial charge in [-0.2, -0.15) is 0 Å². The number of halogens is 1. The van der Waals surface area contributed by atoms with Crippen molar-refractivity contribution in [3.8, 4) is 0 Å². The van der Waals surface area contributed by atoms with E-state index in [1.165, 1.54) is 17.5 Å². The van der Waals surface area contributed by atoms with E-state index in [2.05, 4.69) is 5.10 Å². The molecule has 118 valence electrons. The number of thiocarbonyl (C=S) groups is 1. The molecule has 0 radical (unpaired) electrons. The highest BCUT2D eigenvalue weighted by atomic mass is 32.1. The summed E-state index contributed by atoms with van der Waals surface area (Å²) in [7, 11) is 0. The largest absolute Gasteiger partial charge is 0.398 e. The molecular formula is C16H20FN3OS. The first kappa shape index (κ1) is 16.5. The highest BCUT2D eigenvalue weighted by molar-refractivity contribution is 7.79. The van der Waals surface area contributed by atoms with Crippen LogP contribution in [-0.2, 0) is 13.0 Å². The lowest BCUT2D eigenvalue weighted by molar-refractivity contribution is 0.198. The summed E-state index contributed by atoms with van der Waals surface area (Å²) in [5.74, 6) is -0.404. The van der Waals surface area contributed by atoms with Gasteiger partial charge in [0.2, 0.25) is 0 Å². The Morgan fingerprint density at radius 2 is 2.23 bits per heavy atom. The fraction of sp³-hybridized carbons (Fsp3) is 0.312. The molecule has 2 aromatic rings. The fourth-order valence-electron chi connectivity index (χ4n) is 2.33. The van der Waals surface area contributed by atoms with Crippen molar-refractivity contribution in [1.29, 1.82) is 0 Å². The van der Waals surface area contributed by atoms with Gasteiger partial charge in [0.1, 0.15) is 5.82 Å². The number of allylic oxidation sites excluding steroid dienone is 1. The summed E-state index contributed by atoms with van der Waals surface area (Å²) in [6, 6.07) is 4.20. The number of H-pyrrole nitrogens is 1. The van der Waals surface area contributed by atoms with Crippen LogP contribution in [0.4, 0.5) is 4.39 Å². The van der Waals surface area contributed by atoms with Crippen molar-refractivity contribution in [1.82, 2.24) is 9.78 Å². The predicted molar refractivity (Wildman–Crippen MR) is 90.0 cm³/mol. The van der Waals surface area contributed by atoms with Gasteiger partial charge in [0, 0.05) is 35.8 Å². The third-order valence-electron chi connectivity index (χ3n) is 3.56. The molecule has 0 fully saturated rings. The third kappa shape index (κ3) is 3.45. The molecule has 1 atom stereocenters. The molecule has 1 unspecified atom stereocenters.